The standard InChI is InChI=1S/C13H26N2O.ClH/c1-4-7-12(3,14)11(16)15-10-13(5-2)8-6-9-13;/h4-10,14H2,1-3H3,(H,15,16);1H. The number of rotatable bonds is 6. The van der Waals surface area contributed by atoms with Crippen molar-refractivity contribution in [3.8, 4) is 0 Å². The van der Waals surface area contributed by atoms with Gasteiger partial charge in [0.1, 0.15) is 0 Å². The predicted molar refractivity (Wildman–Crippen MR) is 74.3 cm³/mol. The number of amides is 1. The van der Waals surface area contributed by atoms with E-state index in [4.69, 9.17) is 5.73 Å². The molecule has 0 aromatic rings. The lowest BCUT2D eigenvalue weighted by molar-refractivity contribution is -0.127. The van der Waals surface area contributed by atoms with E-state index in [0.29, 0.717) is 5.41 Å². The van der Waals surface area contributed by atoms with Gasteiger partial charge in [-0.05, 0) is 38.0 Å². The number of nitrogens with two attached hydrogens (primary N) is 1. The van der Waals surface area contributed by atoms with Crippen LogP contribution in [0.3, 0.4) is 0 Å². The molecule has 1 saturated carbocycles. The third-order valence-corrected chi connectivity index (χ3v) is 4.08. The van der Waals surface area contributed by atoms with E-state index in [2.05, 4.69) is 19.2 Å². The lowest BCUT2D eigenvalue weighted by Crippen LogP contribution is -2.54. The van der Waals surface area contributed by atoms with Crippen LogP contribution in [0, 0.1) is 5.41 Å². The van der Waals surface area contributed by atoms with Crippen LogP contribution in [0.25, 0.3) is 0 Å². The molecule has 0 heterocycles. The summed E-state index contributed by atoms with van der Waals surface area (Å²) in [6.45, 7) is 6.89. The molecule has 1 rings (SSSR count). The van der Waals surface area contributed by atoms with Gasteiger partial charge in [0.2, 0.25) is 5.91 Å². The fourth-order valence-electron chi connectivity index (χ4n) is 2.43. The highest BCUT2D eigenvalue weighted by atomic mass is 35.5. The summed E-state index contributed by atoms with van der Waals surface area (Å²) in [7, 11) is 0. The van der Waals surface area contributed by atoms with Crippen LogP contribution in [-0.2, 0) is 4.79 Å². The fourth-order valence-corrected chi connectivity index (χ4v) is 2.43. The molecule has 0 radical (unpaired) electrons. The molecule has 17 heavy (non-hydrogen) atoms. The highest BCUT2D eigenvalue weighted by Crippen LogP contribution is 2.43. The molecule has 0 spiro atoms. The largest absolute Gasteiger partial charge is 0.354 e. The van der Waals surface area contributed by atoms with Crippen LogP contribution in [-0.4, -0.2) is 18.0 Å². The van der Waals surface area contributed by atoms with Gasteiger partial charge >= 0.3 is 0 Å². The van der Waals surface area contributed by atoms with E-state index in [1.807, 2.05) is 6.92 Å². The van der Waals surface area contributed by atoms with E-state index in [1.165, 1.54) is 19.3 Å². The van der Waals surface area contributed by atoms with Gasteiger partial charge in [0.05, 0.1) is 5.54 Å². The van der Waals surface area contributed by atoms with Crippen LogP contribution < -0.4 is 11.1 Å². The Morgan fingerprint density at radius 1 is 1.41 bits per heavy atom. The van der Waals surface area contributed by atoms with Gasteiger partial charge in [-0.15, -0.1) is 12.4 Å². The molecule has 0 bridgehead atoms. The minimum Gasteiger partial charge on any atom is -0.354 e. The Balaban J connectivity index is 0.00000256. The second-order valence-electron chi connectivity index (χ2n) is 5.56. The summed E-state index contributed by atoms with van der Waals surface area (Å²) in [6.07, 6.45) is 6.65. The smallest absolute Gasteiger partial charge is 0.239 e. The van der Waals surface area contributed by atoms with Crippen LogP contribution in [0.2, 0.25) is 0 Å². The highest BCUT2D eigenvalue weighted by Gasteiger charge is 2.36. The Labute approximate surface area is 111 Å². The topological polar surface area (TPSA) is 55.1 Å². The Bertz CT molecular complexity index is 244. The van der Waals surface area contributed by atoms with Crippen molar-refractivity contribution < 1.29 is 4.79 Å². The van der Waals surface area contributed by atoms with Crippen molar-refractivity contribution in [1.29, 1.82) is 0 Å². The second-order valence-corrected chi connectivity index (χ2v) is 5.56. The molecule has 1 atom stereocenters. The molecule has 0 aliphatic heterocycles. The third-order valence-electron chi connectivity index (χ3n) is 4.08. The molecule has 1 aliphatic rings. The molecular formula is C13H27ClN2O. The summed E-state index contributed by atoms with van der Waals surface area (Å²) in [5, 5.41) is 3.04. The Morgan fingerprint density at radius 2 is 2.00 bits per heavy atom. The Hall–Kier alpha value is -0.280. The average molecular weight is 263 g/mol. The van der Waals surface area contributed by atoms with Crippen molar-refractivity contribution in [2.24, 2.45) is 11.1 Å². The second kappa shape index (κ2) is 6.60. The van der Waals surface area contributed by atoms with Crippen LogP contribution in [0.5, 0.6) is 0 Å². The average Bonchev–Trinajstić information content (AvgIpc) is 2.16. The summed E-state index contributed by atoms with van der Waals surface area (Å²) in [4.78, 5) is 11.9. The number of hydrogen-bond donors (Lipinski definition) is 2. The van der Waals surface area contributed by atoms with Crippen LogP contribution in [0.1, 0.15) is 59.3 Å². The monoisotopic (exact) mass is 262 g/mol. The van der Waals surface area contributed by atoms with E-state index >= 15 is 0 Å². The molecule has 4 heteroatoms. The summed E-state index contributed by atoms with van der Waals surface area (Å²) >= 11 is 0. The molecule has 3 N–H and O–H groups in total. The van der Waals surface area contributed by atoms with Crippen molar-refractivity contribution in [3.63, 3.8) is 0 Å². The first-order valence-electron chi connectivity index (χ1n) is 6.53. The first-order chi connectivity index (χ1) is 7.46. The number of hydrogen-bond acceptors (Lipinski definition) is 2. The molecule has 1 amide bonds. The van der Waals surface area contributed by atoms with Gasteiger partial charge in [0.15, 0.2) is 0 Å². The Morgan fingerprint density at radius 3 is 2.35 bits per heavy atom. The van der Waals surface area contributed by atoms with Gasteiger partial charge < -0.3 is 11.1 Å². The maximum Gasteiger partial charge on any atom is 0.239 e. The molecule has 1 fully saturated rings. The highest BCUT2D eigenvalue weighted by molar-refractivity contribution is 5.85. The van der Waals surface area contributed by atoms with Gasteiger partial charge in [-0.3, -0.25) is 4.79 Å². The van der Waals surface area contributed by atoms with Crippen molar-refractivity contribution in [1.82, 2.24) is 5.32 Å². The quantitative estimate of drug-likeness (QED) is 0.773. The number of halogens is 1. The zero-order valence-electron chi connectivity index (χ0n) is 11.3. The first kappa shape index (κ1) is 16.7. The van der Waals surface area contributed by atoms with Crippen molar-refractivity contribution in [3.05, 3.63) is 0 Å². The van der Waals surface area contributed by atoms with E-state index < -0.39 is 5.54 Å². The maximum absolute atomic E-state index is 11.9. The molecular weight excluding hydrogens is 236 g/mol. The Kier molecular flexibility index (Phi) is 6.49. The van der Waals surface area contributed by atoms with Crippen LogP contribution in [0.4, 0.5) is 0 Å². The normalized spacial score (nSPS) is 20.7. The number of nitrogens with one attached hydrogen (secondary N) is 1. The number of carbonyl (C=O) groups excluding carboxylic acids is 1. The molecule has 0 aromatic carbocycles. The zero-order valence-corrected chi connectivity index (χ0v) is 12.2. The molecule has 1 aliphatic carbocycles. The van der Waals surface area contributed by atoms with Crippen molar-refractivity contribution in [2.45, 2.75) is 64.8 Å². The minimum absolute atomic E-state index is 0. The molecule has 3 nitrogen and oxygen atoms in total. The van der Waals surface area contributed by atoms with Crippen LogP contribution in [0.15, 0.2) is 0 Å². The van der Waals surface area contributed by atoms with Gasteiger partial charge in [0, 0.05) is 6.54 Å². The van der Waals surface area contributed by atoms with Crippen molar-refractivity contribution in [2.75, 3.05) is 6.54 Å². The third kappa shape index (κ3) is 4.14. The van der Waals surface area contributed by atoms with Crippen LogP contribution >= 0.6 is 12.4 Å². The molecule has 102 valence electrons. The maximum atomic E-state index is 11.9. The van der Waals surface area contributed by atoms with Gasteiger partial charge in [-0.1, -0.05) is 26.7 Å². The molecule has 0 saturated heterocycles. The summed E-state index contributed by atoms with van der Waals surface area (Å²) in [5.74, 6) is 0.00840. The lowest BCUT2D eigenvalue weighted by atomic mass is 9.67. The predicted octanol–water partition coefficient (Wildman–Crippen LogP) is 2.62. The van der Waals surface area contributed by atoms with E-state index in [0.717, 1.165) is 25.8 Å². The first-order valence-corrected chi connectivity index (χ1v) is 6.53. The summed E-state index contributed by atoms with van der Waals surface area (Å²) in [5.41, 5.74) is 5.66. The van der Waals surface area contributed by atoms with Gasteiger partial charge in [-0.2, -0.15) is 0 Å². The lowest BCUT2D eigenvalue weighted by Gasteiger charge is -2.42. The molecule has 0 aromatic heterocycles. The molecule has 1 unspecified atom stereocenters. The van der Waals surface area contributed by atoms with Gasteiger partial charge in [-0.25, -0.2) is 0 Å². The SMILES string of the molecule is CCCC(C)(N)C(=O)NCC1(CC)CCC1.Cl. The summed E-state index contributed by atoms with van der Waals surface area (Å²) in [6, 6.07) is 0. The number of carbonyl (C=O) groups is 1. The van der Waals surface area contributed by atoms with Crippen molar-refractivity contribution >= 4 is 18.3 Å². The van der Waals surface area contributed by atoms with E-state index in [-0.39, 0.29) is 18.3 Å². The summed E-state index contributed by atoms with van der Waals surface area (Å²) < 4.78 is 0. The zero-order chi connectivity index (χ0) is 12.2. The minimum atomic E-state index is -0.701. The van der Waals surface area contributed by atoms with Gasteiger partial charge in [0.25, 0.3) is 0 Å². The van der Waals surface area contributed by atoms with E-state index in [9.17, 15) is 4.79 Å². The fraction of sp³-hybridized carbons (Fsp3) is 0.923. The van der Waals surface area contributed by atoms with E-state index in [1.54, 1.807) is 0 Å².